The largest absolute Gasteiger partial charge is 0.348 e. The fourth-order valence-electron chi connectivity index (χ4n) is 2.85. The van der Waals surface area contributed by atoms with Crippen LogP contribution in [0.3, 0.4) is 0 Å². The first-order chi connectivity index (χ1) is 14.3. The van der Waals surface area contributed by atoms with Gasteiger partial charge in [0.2, 0.25) is 15.9 Å². The van der Waals surface area contributed by atoms with Crippen molar-refractivity contribution >= 4 is 43.5 Å². The van der Waals surface area contributed by atoms with Crippen LogP contribution in [-0.2, 0) is 28.3 Å². The third kappa shape index (κ3) is 5.69. The third-order valence-corrected chi connectivity index (χ3v) is 7.10. The number of nitrogens with one attached hydrogen (secondary N) is 2. The highest BCUT2D eigenvalue weighted by molar-refractivity contribution is 9.10. The van der Waals surface area contributed by atoms with Gasteiger partial charge in [0, 0.05) is 24.3 Å². The molecule has 0 aliphatic heterocycles. The van der Waals surface area contributed by atoms with Gasteiger partial charge in [0.15, 0.2) is 0 Å². The van der Waals surface area contributed by atoms with E-state index in [0.717, 1.165) is 5.56 Å². The minimum atomic E-state index is -3.76. The number of sulfonamides is 1. The van der Waals surface area contributed by atoms with E-state index < -0.39 is 16.1 Å². The summed E-state index contributed by atoms with van der Waals surface area (Å²) < 4.78 is 29.7. The first-order valence-corrected chi connectivity index (χ1v) is 11.7. The van der Waals surface area contributed by atoms with Crippen molar-refractivity contribution in [2.24, 2.45) is 7.05 Å². The molecule has 0 aliphatic rings. The summed E-state index contributed by atoms with van der Waals surface area (Å²) in [6, 6.07) is 14.0. The monoisotopic (exact) mass is 510 g/mol. The molecule has 0 aliphatic carbocycles. The number of carbonyl (C=O) groups excluding carboxylic acids is 1. The maximum atomic E-state index is 12.7. The van der Waals surface area contributed by atoms with Crippen LogP contribution in [0.2, 0.25) is 5.02 Å². The molecular formula is C20H20BrClN4O3S. The van der Waals surface area contributed by atoms with E-state index in [0.29, 0.717) is 15.1 Å². The lowest BCUT2D eigenvalue weighted by Gasteiger charge is -2.20. The summed E-state index contributed by atoms with van der Waals surface area (Å²) in [4.78, 5) is 12.7. The molecular weight excluding hydrogens is 492 g/mol. The number of amides is 1. The SMILES string of the molecule is Cn1cc(S(=O)(=O)NCC(NC(=O)Cc2cccc(Br)c2Cl)c2ccccc2)cn1. The first-order valence-electron chi connectivity index (χ1n) is 9.02. The number of halogens is 2. The standard InChI is InChI=1S/C20H20BrClN4O3S/c1-26-13-16(11-23-26)30(28,29)24-12-18(14-6-3-2-4-7-14)25-19(27)10-15-8-5-9-17(21)20(15)22/h2-9,11,13,18,24H,10,12H2,1H3,(H,25,27). The number of aryl methyl sites for hydroxylation is 1. The van der Waals surface area contributed by atoms with E-state index >= 15 is 0 Å². The molecule has 1 atom stereocenters. The summed E-state index contributed by atoms with van der Waals surface area (Å²) in [5.41, 5.74) is 1.45. The summed E-state index contributed by atoms with van der Waals surface area (Å²) in [5, 5.41) is 7.26. The number of hydrogen-bond acceptors (Lipinski definition) is 4. The Hall–Kier alpha value is -2.20. The Balaban J connectivity index is 1.74. The van der Waals surface area contributed by atoms with Crippen molar-refractivity contribution in [3.8, 4) is 0 Å². The van der Waals surface area contributed by atoms with Crippen LogP contribution in [0.4, 0.5) is 0 Å². The normalized spacial score (nSPS) is 12.5. The third-order valence-electron chi connectivity index (χ3n) is 4.39. The minimum absolute atomic E-state index is 0.0147. The molecule has 0 spiro atoms. The molecule has 0 bridgehead atoms. The zero-order chi connectivity index (χ0) is 21.7. The number of rotatable bonds is 8. The summed E-state index contributed by atoms with van der Waals surface area (Å²) in [6.45, 7) is -0.0147. The van der Waals surface area contributed by atoms with Crippen molar-refractivity contribution in [3.63, 3.8) is 0 Å². The number of benzene rings is 2. The maximum Gasteiger partial charge on any atom is 0.243 e. The molecule has 0 radical (unpaired) electrons. The van der Waals surface area contributed by atoms with Gasteiger partial charge in [-0.05, 0) is 33.1 Å². The summed E-state index contributed by atoms with van der Waals surface area (Å²) in [7, 11) is -2.12. The lowest BCUT2D eigenvalue weighted by Crippen LogP contribution is -2.38. The topological polar surface area (TPSA) is 93.1 Å². The van der Waals surface area contributed by atoms with Crippen molar-refractivity contribution < 1.29 is 13.2 Å². The Morgan fingerprint density at radius 1 is 1.20 bits per heavy atom. The Morgan fingerprint density at radius 2 is 1.93 bits per heavy atom. The highest BCUT2D eigenvalue weighted by Crippen LogP contribution is 2.26. The molecule has 30 heavy (non-hydrogen) atoms. The Bertz CT molecular complexity index is 1140. The van der Waals surface area contributed by atoms with Gasteiger partial charge in [-0.2, -0.15) is 5.10 Å². The molecule has 10 heteroatoms. The van der Waals surface area contributed by atoms with Crippen molar-refractivity contribution in [3.05, 3.63) is 81.5 Å². The van der Waals surface area contributed by atoms with Gasteiger partial charge >= 0.3 is 0 Å². The van der Waals surface area contributed by atoms with Gasteiger partial charge in [0.05, 0.1) is 23.7 Å². The van der Waals surface area contributed by atoms with Crippen LogP contribution in [0, 0.1) is 0 Å². The molecule has 0 fully saturated rings. The molecule has 3 rings (SSSR count). The molecule has 158 valence electrons. The van der Waals surface area contributed by atoms with Gasteiger partial charge in [-0.1, -0.05) is 54.1 Å². The minimum Gasteiger partial charge on any atom is -0.348 e. The highest BCUT2D eigenvalue weighted by atomic mass is 79.9. The van der Waals surface area contributed by atoms with E-state index in [9.17, 15) is 13.2 Å². The van der Waals surface area contributed by atoms with E-state index in [1.54, 1.807) is 25.2 Å². The highest BCUT2D eigenvalue weighted by Gasteiger charge is 2.21. The molecule has 7 nitrogen and oxygen atoms in total. The Labute approximate surface area is 188 Å². The van der Waals surface area contributed by atoms with Crippen molar-refractivity contribution in [1.82, 2.24) is 19.8 Å². The van der Waals surface area contributed by atoms with E-state index in [-0.39, 0.29) is 23.8 Å². The zero-order valence-corrected chi connectivity index (χ0v) is 19.2. The van der Waals surface area contributed by atoms with Crippen LogP contribution in [-0.4, -0.2) is 30.7 Å². The fraction of sp³-hybridized carbons (Fsp3) is 0.200. The molecule has 1 aromatic heterocycles. The second-order valence-electron chi connectivity index (χ2n) is 6.62. The van der Waals surface area contributed by atoms with Crippen LogP contribution in [0.25, 0.3) is 0 Å². The van der Waals surface area contributed by atoms with Gasteiger partial charge in [0.25, 0.3) is 0 Å². The number of hydrogen-bond donors (Lipinski definition) is 2. The molecule has 1 heterocycles. The Kier molecular flexibility index (Phi) is 7.30. The molecule has 1 amide bonds. The number of aromatic nitrogens is 2. The first kappa shape index (κ1) is 22.5. The van der Waals surface area contributed by atoms with Crippen molar-refractivity contribution in [2.75, 3.05) is 6.54 Å². The van der Waals surface area contributed by atoms with Crippen LogP contribution < -0.4 is 10.0 Å². The lowest BCUT2D eigenvalue weighted by molar-refractivity contribution is -0.121. The van der Waals surface area contributed by atoms with Crippen LogP contribution in [0.15, 0.2) is 70.3 Å². The van der Waals surface area contributed by atoms with Gasteiger partial charge in [-0.25, -0.2) is 13.1 Å². The molecule has 0 saturated carbocycles. The fourth-order valence-corrected chi connectivity index (χ4v) is 4.48. The smallest absolute Gasteiger partial charge is 0.243 e. The van der Waals surface area contributed by atoms with Crippen LogP contribution in [0.5, 0.6) is 0 Å². The van der Waals surface area contributed by atoms with Crippen LogP contribution >= 0.6 is 27.5 Å². The number of nitrogens with zero attached hydrogens (tertiary/aromatic N) is 2. The van der Waals surface area contributed by atoms with Gasteiger partial charge in [-0.15, -0.1) is 0 Å². The zero-order valence-electron chi connectivity index (χ0n) is 16.0. The van der Waals surface area contributed by atoms with Gasteiger partial charge in [0.1, 0.15) is 4.90 Å². The van der Waals surface area contributed by atoms with E-state index in [1.165, 1.54) is 17.1 Å². The second-order valence-corrected chi connectivity index (χ2v) is 9.62. The van der Waals surface area contributed by atoms with E-state index in [2.05, 4.69) is 31.1 Å². The van der Waals surface area contributed by atoms with E-state index in [4.69, 9.17) is 11.6 Å². The predicted octanol–water partition coefficient (Wildman–Crippen LogP) is 3.21. The molecule has 2 N–H and O–H groups in total. The van der Waals surface area contributed by atoms with E-state index in [1.807, 2.05) is 30.3 Å². The average Bonchev–Trinajstić information content (AvgIpc) is 3.17. The Morgan fingerprint density at radius 3 is 2.60 bits per heavy atom. The summed E-state index contributed by atoms with van der Waals surface area (Å²) in [6.07, 6.45) is 2.75. The number of carbonyl (C=O) groups is 1. The summed E-state index contributed by atoms with van der Waals surface area (Å²) >= 11 is 9.60. The van der Waals surface area contributed by atoms with Crippen LogP contribution in [0.1, 0.15) is 17.2 Å². The molecule has 1 unspecified atom stereocenters. The molecule has 2 aromatic carbocycles. The van der Waals surface area contributed by atoms with Crippen molar-refractivity contribution in [1.29, 1.82) is 0 Å². The van der Waals surface area contributed by atoms with Gasteiger partial charge < -0.3 is 5.32 Å². The predicted molar refractivity (Wildman–Crippen MR) is 119 cm³/mol. The summed E-state index contributed by atoms with van der Waals surface area (Å²) in [5.74, 6) is -0.274. The quantitative estimate of drug-likeness (QED) is 0.486. The molecule has 0 saturated heterocycles. The van der Waals surface area contributed by atoms with Crippen molar-refractivity contribution in [2.45, 2.75) is 17.4 Å². The molecule has 3 aromatic rings. The lowest BCUT2D eigenvalue weighted by atomic mass is 10.1. The maximum absolute atomic E-state index is 12.7. The average molecular weight is 512 g/mol. The van der Waals surface area contributed by atoms with Gasteiger partial charge in [-0.3, -0.25) is 9.48 Å². The second kappa shape index (κ2) is 9.74.